The summed E-state index contributed by atoms with van der Waals surface area (Å²) >= 11 is 5.16. The summed E-state index contributed by atoms with van der Waals surface area (Å²) in [5.74, 6) is 0.516. The zero-order valence-corrected chi connectivity index (χ0v) is 15.2. The third kappa shape index (κ3) is 2.57. The lowest BCUT2D eigenvalue weighted by Crippen LogP contribution is -2.50. The normalized spacial score (nSPS) is 34.2. The largest absolute Gasteiger partial charge is 0.358 e. The lowest BCUT2D eigenvalue weighted by molar-refractivity contribution is -0.142. The summed E-state index contributed by atoms with van der Waals surface area (Å²) in [5.41, 5.74) is 4.04. The Balaban J connectivity index is 1.84. The summed E-state index contributed by atoms with van der Waals surface area (Å²) in [5, 5.41) is 4.31. The fourth-order valence-corrected chi connectivity index (χ4v) is 4.83. The molecule has 2 bridgehead atoms. The summed E-state index contributed by atoms with van der Waals surface area (Å²) in [6, 6.07) is 0. The minimum atomic E-state index is -0.248. The number of hydrazine groups is 1. The van der Waals surface area contributed by atoms with Crippen molar-refractivity contribution in [2.45, 2.75) is 27.2 Å². The van der Waals surface area contributed by atoms with Gasteiger partial charge in [0.15, 0.2) is 5.11 Å². The molecule has 130 valence electrons. The van der Waals surface area contributed by atoms with E-state index < -0.39 is 0 Å². The van der Waals surface area contributed by atoms with Crippen LogP contribution in [-0.4, -0.2) is 28.5 Å². The van der Waals surface area contributed by atoms with E-state index in [1.807, 2.05) is 0 Å². The first-order valence-electron chi connectivity index (χ1n) is 8.58. The number of rotatable bonds is 4. The van der Waals surface area contributed by atoms with Crippen molar-refractivity contribution in [3.8, 4) is 0 Å². The maximum atomic E-state index is 12.9. The monoisotopic (exact) mass is 347 g/mol. The van der Waals surface area contributed by atoms with Crippen molar-refractivity contribution in [1.29, 1.82) is 0 Å². The molecule has 6 heteroatoms. The number of nitrogens with zero attached hydrogens (tertiary/aromatic N) is 1. The zero-order chi connectivity index (χ0) is 17.6. The number of nitrogens with one attached hydrogen (secondary N) is 2. The topological polar surface area (TPSA) is 61.4 Å². The molecule has 0 spiro atoms. The maximum absolute atomic E-state index is 12.9. The highest BCUT2D eigenvalue weighted by Gasteiger charge is 2.61. The molecule has 2 fully saturated rings. The molecule has 1 heterocycles. The van der Waals surface area contributed by atoms with E-state index in [2.05, 4.69) is 44.2 Å². The molecular formula is C18H25N3O2S. The molecule has 5 atom stereocenters. The molecule has 1 saturated heterocycles. The number of imide groups is 1. The molecule has 0 aromatic rings. The van der Waals surface area contributed by atoms with E-state index in [-0.39, 0.29) is 40.6 Å². The van der Waals surface area contributed by atoms with Gasteiger partial charge in [-0.15, -0.1) is 6.58 Å². The Morgan fingerprint density at radius 2 is 2.08 bits per heavy atom. The van der Waals surface area contributed by atoms with E-state index in [1.54, 1.807) is 6.08 Å². The second-order valence-electron chi connectivity index (χ2n) is 7.41. The van der Waals surface area contributed by atoms with E-state index in [1.165, 1.54) is 5.57 Å². The van der Waals surface area contributed by atoms with Crippen molar-refractivity contribution >= 4 is 29.1 Å². The van der Waals surface area contributed by atoms with Crippen LogP contribution in [0.25, 0.3) is 0 Å². The first-order chi connectivity index (χ1) is 11.4. The van der Waals surface area contributed by atoms with Crippen molar-refractivity contribution in [2.24, 2.45) is 35.5 Å². The average molecular weight is 347 g/mol. The number of amides is 2. The molecule has 3 aliphatic carbocycles. The molecule has 0 aromatic heterocycles. The van der Waals surface area contributed by atoms with Gasteiger partial charge < -0.3 is 5.32 Å². The Morgan fingerprint density at radius 1 is 1.42 bits per heavy atom. The summed E-state index contributed by atoms with van der Waals surface area (Å²) in [7, 11) is 0. The SMILES string of the molecule is C=CCNC(=S)NN1C(=O)C2C(C1=O)[C@H]1C[C@H](C(C)C)[C@@H]2C=C1C. The molecule has 0 radical (unpaired) electrons. The van der Waals surface area contributed by atoms with Crippen molar-refractivity contribution in [3.63, 3.8) is 0 Å². The van der Waals surface area contributed by atoms with E-state index in [9.17, 15) is 9.59 Å². The van der Waals surface area contributed by atoms with Crippen molar-refractivity contribution in [3.05, 3.63) is 24.3 Å². The molecule has 2 unspecified atom stereocenters. The van der Waals surface area contributed by atoms with Crippen LogP contribution in [0.4, 0.5) is 0 Å². The van der Waals surface area contributed by atoms with Gasteiger partial charge >= 0.3 is 0 Å². The first-order valence-corrected chi connectivity index (χ1v) is 8.99. The van der Waals surface area contributed by atoms with Gasteiger partial charge in [-0.3, -0.25) is 15.0 Å². The summed E-state index contributed by atoms with van der Waals surface area (Å²) in [6.07, 6.45) is 4.91. The molecule has 1 aliphatic heterocycles. The van der Waals surface area contributed by atoms with E-state index in [4.69, 9.17) is 12.2 Å². The molecule has 0 aromatic carbocycles. The van der Waals surface area contributed by atoms with Gasteiger partial charge in [0.2, 0.25) is 0 Å². The third-order valence-electron chi connectivity index (χ3n) is 5.78. The highest BCUT2D eigenvalue weighted by atomic mass is 32.1. The van der Waals surface area contributed by atoms with Crippen molar-refractivity contribution in [1.82, 2.24) is 15.8 Å². The average Bonchev–Trinajstić information content (AvgIpc) is 2.79. The number of carbonyl (C=O) groups excluding carboxylic acids is 2. The second kappa shape index (κ2) is 6.31. The Labute approximate surface area is 148 Å². The predicted octanol–water partition coefficient (Wildman–Crippen LogP) is 2.02. The highest BCUT2D eigenvalue weighted by molar-refractivity contribution is 7.80. The quantitative estimate of drug-likeness (QED) is 0.463. The molecule has 24 heavy (non-hydrogen) atoms. The van der Waals surface area contributed by atoms with Crippen LogP contribution in [0.5, 0.6) is 0 Å². The highest BCUT2D eigenvalue weighted by Crippen LogP contribution is 2.55. The molecule has 4 rings (SSSR count). The Hall–Kier alpha value is -1.69. The van der Waals surface area contributed by atoms with Crippen LogP contribution in [0.2, 0.25) is 0 Å². The second-order valence-corrected chi connectivity index (χ2v) is 7.82. The van der Waals surface area contributed by atoms with Crippen molar-refractivity contribution in [2.75, 3.05) is 6.54 Å². The van der Waals surface area contributed by atoms with Gasteiger partial charge in [0, 0.05) is 6.54 Å². The van der Waals surface area contributed by atoms with Crippen LogP contribution in [0.3, 0.4) is 0 Å². The smallest absolute Gasteiger partial charge is 0.252 e. The number of allylic oxidation sites excluding steroid dienone is 2. The number of fused-ring (bicyclic) bond motifs is 1. The predicted molar refractivity (Wildman–Crippen MR) is 96.4 cm³/mol. The van der Waals surface area contributed by atoms with Crippen LogP contribution >= 0.6 is 12.2 Å². The van der Waals surface area contributed by atoms with E-state index in [0.717, 1.165) is 11.4 Å². The summed E-state index contributed by atoms with van der Waals surface area (Å²) < 4.78 is 0. The number of hydrogen-bond acceptors (Lipinski definition) is 3. The van der Waals surface area contributed by atoms with Gasteiger partial charge in [0.05, 0.1) is 11.8 Å². The Morgan fingerprint density at radius 3 is 2.71 bits per heavy atom. The summed E-state index contributed by atoms with van der Waals surface area (Å²) in [6.45, 7) is 10.6. The van der Waals surface area contributed by atoms with Gasteiger partial charge in [-0.05, 0) is 49.2 Å². The van der Waals surface area contributed by atoms with Crippen molar-refractivity contribution < 1.29 is 9.59 Å². The fourth-order valence-electron chi connectivity index (χ4n) is 4.66. The van der Waals surface area contributed by atoms with Crippen LogP contribution in [0, 0.1) is 35.5 Å². The summed E-state index contributed by atoms with van der Waals surface area (Å²) in [4.78, 5) is 25.8. The molecule has 1 saturated carbocycles. The number of hydrogen-bond donors (Lipinski definition) is 2. The molecule has 2 amide bonds. The number of thiocarbonyl (C=S) groups is 1. The van der Waals surface area contributed by atoms with Crippen LogP contribution < -0.4 is 10.7 Å². The van der Waals surface area contributed by atoms with Crippen LogP contribution in [0.15, 0.2) is 24.3 Å². The van der Waals surface area contributed by atoms with Crippen LogP contribution in [0.1, 0.15) is 27.2 Å². The minimum absolute atomic E-state index is 0.141. The fraction of sp³-hybridized carbons (Fsp3) is 0.611. The van der Waals surface area contributed by atoms with Gasteiger partial charge in [0.1, 0.15) is 0 Å². The lowest BCUT2D eigenvalue weighted by atomic mass is 9.54. The molecule has 2 N–H and O–H groups in total. The van der Waals surface area contributed by atoms with Gasteiger partial charge in [0.25, 0.3) is 11.8 Å². The molecule has 4 aliphatic rings. The zero-order valence-electron chi connectivity index (χ0n) is 14.4. The van der Waals surface area contributed by atoms with E-state index in [0.29, 0.717) is 18.4 Å². The van der Waals surface area contributed by atoms with Crippen LogP contribution in [-0.2, 0) is 9.59 Å². The Bertz CT molecular complexity index is 628. The minimum Gasteiger partial charge on any atom is -0.358 e. The Kier molecular flexibility index (Phi) is 4.51. The maximum Gasteiger partial charge on any atom is 0.252 e. The first kappa shape index (κ1) is 17.1. The van der Waals surface area contributed by atoms with Gasteiger partial charge in [-0.2, -0.15) is 5.01 Å². The molecular weight excluding hydrogens is 322 g/mol. The molecule has 5 nitrogen and oxygen atoms in total. The third-order valence-corrected chi connectivity index (χ3v) is 6.02. The van der Waals surface area contributed by atoms with E-state index >= 15 is 0 Å². The van der Waals surface area contributed by atoms with Gasteiger partial charge in [-0.1, -0.05) is 31.6 Å². The van der Waals surface area contributed by atoms with Gasteiger partial charge in [-0.25, -0.2) is 0 Å². The number of carbonyl (C=O) groups is 2. The standard InChI is InChI=1S/C18H25N3O2S/c1-5-6-19-18(24)20-21-16(22)14-12-8-11(9(2)3)13(7-10(12)4)15(14)17(21)23/h5,7,9,11-15H,1,6,8H2,2-4H3,(H2,19,20,24)/t11-,12+,13+,14?,15?/m1/s1. The lowest BCUT2D eigenvalue weighted by Gasteiger charge is -2.48.